The first kappa shape index (κ1) is 14.9. The zero-order chi connectivity index (χ0) is 13.4. The minimum atomic E-state index is 0. The van der Waals surface area contributed by atoms with Gasteiger partial charge in [-0.15, -0.1) is 12.4 Å². The van der Waals surface area contributed by atoms with E-state index in [9.17, 15) is 0 Å². The number of fused-ring (bicyclic) bond motifs is 1. The quantitative estimate of drug-likeness (QED) is 0.926. The van der Waals surface area contributed by atoms with E-state index >= 15 is 0 Å². The summed E-state index contributed by atoms with van der Waals surface area (Å²) in [5, 5.41) is 4.68. The molecule has 4 nitrogen and oxygen atoms in total. The highest BCUT2D eigenvalue weighted by atomic mass is 35.5. The summed E-state index contributed by atoms with van der Waals surface area (Å²) in [5.41, 5.74) is 9.67. The summed E-state index contributed by atoms with van der Waals surface area (Å²) >= 11 is 0. The van der Waals surface area contributed by atoms with Gasteiger partial charge in [0.15, 0.2) is 0 Å². The molecule has 0 aliphatic carbocycles. The zero-order valence-electron chi connectivity index (χ0n) is 11.9. The van der Waals surface area contributed by atoms with Crippen LogP contribution in [0.25, 0.3) is 5.69 Å². The molecule has 0 bridgehead atoms. The normalized spacial score (nSPS) is 14.9. The first-order valence-electron chi connectivity index (χ1n) is 6.82. The van der Waals surface area contributed by atoms with Crippen molar-refractivity contribution in [1.82, 2.24) is 14.7 Å². The van der Waals surface area contributed by atoms with Gasteiger partial charge in [-0.05, 0) is 26.0 Å². The van der Waals surface area contributed by atoms with Crippen LogP contribution in [-0.4, -0.2) is 27.3 Å². The molecule has 2 aromatic rings. The fourth-order valence-corrected chi connectivity index (χ4v) is 2.62. The third-order valence-corrected chi connectivity index (χ3v) is 3.83. The molecule has 1 aromatic heterocycles. The summed E-state index contributed by atoms with van der Waals surface area (Å²) in [6, 6.07) is 10.6. The van der Waals surface area contributed by atoms with E-state index in [1.807, 2.05) is 35.0 Å². The van der Waals surface area contributed by atoms with Gasteiger partial charge in [-0.1, -0.05) is 18.2 Å². The fourth-order valence-electron chi connectivity index (χ4n) is 2.62. The number of aromatic nitrogens is 2. The summed E-state index contributed by atoms with van der Waals surface area (Å²) < 4.78 is 1.87. The molecule has 2 N–H and O–H groups in total. The number of nitrogen functional groups attached to an aromatic ring is 1. The highest BCUT2D eigenvalue weighted by Gasteiger charge is 2.24. The average Bonchev–Trinajstić information content (AvgIpc) is 2.77. The molecule has 5 heteroatoms. The molecule has 0 saturated carbocycles. The maximum Gasteiger partial charge on any atom is 0.132 e. The van der Waals surface area contributed by atoms with E-state index in [0.717, 1.165) is 36.7 Å². The summed E-state index contributed by atoms with van der Waals surface area (Å²) in [7, 11) is 0. The molecule has 1 aliphatic rings. The number of nitrogens with two attached hydrogens (primary N) is 1. The van der Waals surface area contributed by atoms with Crippen LogP contribution in [0.15, 0.2) is 30.3 Å². The standard InChI is InChI=1S/C15H20N4.ClH/c1-11(2)18-9-8-14-13(10-18)15(16)19(17-14)12-6-4-3-5-7-12;/h3-7,11H,8-10,16H2,1-2H3;1H. The van der Waals surface area contributed by atoms with Crippen LogP contribution >= 0.6 is 12.4 Å². The van der Waals surface area contributed by atoms with Gasteiger partial charge in [-0.25, -0.2) is 4.68 Å². The number of nitrogens with zero attached hydrogens (tertiary/aromatic N) is 3. The van der Waals surface area contributed by atoms with E-state index in [0.29, 0.717) is 6.04 Å². The molecule has 2 heterocycles. The number of para-hydroxylation sites is 1. The molecular formula is C15H21ClN4. The second kappa shape index (κ2) is 5.85. The van der Waals surface area contributed by atoms with Gasteiger partial charge in [0.05, 0.1) is 11.4 Å². The van der Waals surface area contributed by atoms with Crippen molar-refractivity contribution in [2.75, 3.05) is 12.3 Å². The van der Waals surface area contributed by atoms with Crippen molar-refractivity contribution in [1.29, 1.82) is 0 Å². The van der Waals surface area contributed by atoms with Crippen molar-refractivity contribution >= 4 is 18.2 Å². The highest BCUT2D eigenvalue weighted by Crippen LogP contribution is 2.27. The summed E-state index contributed by atoms with van der Waals surface area (Å²) in [6.45, 7) is 6.42. The van der Waals surface area contributed by atoms with Gasteiger partial charge in [-0.2, -0.15) is 5.10 Å². The van der Waals surface area contributed by atoms with Gasteiger partial charge in [-0.3, -0.25) is 4.90 Å². The minimum absolute atomic E-state index is 0. The molecule has 0 atom stereocenters. The third-order valence-electron chi connectivity index (χ3n) is 3.83. The molecule has 0 radical (unpaired) electrons. The second-order valence-corrected chi connectivity index (χ2v) is 5.37. The Kier molecular flexibility index (Phi) is 4.35. The second-order valence-electron chi connectivity index (χ2n) is 5.37. The van der Waals surface area contributed by atoms with Gasteiger partial charge in [0.2, 0.25) is 0 Å². The number of hydrogen-bond acceptors (Lipinski definition) is 3. The lowest BCUT2D eigenvalue weighted by Crippen LogP contribution is -2.35. The van der Waals surface area contributed by atoms with Crippen LogP contribution in [0.1, 0.15) is 25.1 Å². The molecule has 108 valence electrons. The van der Waals surface area contributed by atoms with Crippen molar-refractivity contribution < 1.29 is 0 Å². The summed E-state index contributed by atoms with van der Waals surface area (Å²) in [4.78, 5) is 2.44. The lowest BCUT2D eigenvalue weighted by Gasteiger charge is -2.29. The van der Waals surface area contributed by atoms with Gasteiger partial charge in [0.1, 0.15) is 5.82 Å². The molecule has 0 fully saturated rings. The van der Waals surface area contributed by atoms with Crippen molar-refractivity contribution in [3.63, 3.8) is 0 Å². The number of halogens is 1. The SMILES string of the molecule is CC(C)N1CCc2nn(-c3ccccc3)c(N)c2C1.Cl. The third kappa shape index (κ3) is 2.53. The maximum atomic E-state index is 6.29. The maximum absolute atomic E-state index is 6.29. The van der Waals surface area contributed by atoms with Crippen LogP contribution in [0, 0.1) is 0 Å². The molecule has 1 aliphatic heterocycles. The molecule has 0 saturated heterocycles. The first-order chi connectivity index (χ1) is 9.16. The number of anilines is 1. The summed E-state index contributed by atoms with van der Waals surface area (Å²) in [5.74, 6) is 0.784. The van der Waals surface area contributed by atoms with Crippen molar-refractivity contribution in [2.24, 2.45) is 0 Å². The lowest BCUT2D eigenvalue weighted by atomic mass is 10.1. The van der Waals surface area contributed by atoms with E-state index in [4.69, 9.17) is 5.73 Å². The van der Waals surface area contributed by atoms with E-state index in [1.165, 1.54) is 5.56 Å². The first-order valence-corrected chi connectivity index (χ1v) is 6.82. The number of benzene rings is 1. The molecular weight excluding hydrogens is 272 g/mol. The Morgan fingerprint density at radius 3 is 2.55 bits per heavy atom. The zero-order valence-corrected chi connectivity index (χ0v) is 12.7. The van der Waals surface area contributed by atoms with Crippen LogP contribution < -0.4 is 5.73 Å². The van der Waals surface area contributed by atoms with E-state index in [2.05, 4.69) is 23.8 Å². The monoisotopic (exact) mass is 292 g/mol. The topological polar surface area (TPSA) is 47.1 Å². The van der Waals surface area contributed by atoms with Crippen LogP contribution in [0.3, 0.4) is 0 Å². The highest BCUT2D eigenvalue weighted by molar-refractivity contribution is 5.85. The van der Waals surface area contributed by atoms with Gasteiger partial charge >= 0.3 is 0 Å². The van der Waals surface area contributed by atoms with Crippen LogP contribution in [0.4, 0.5) is 5.82 Å². The van der Waals surface area contributed by atoms with Crippen molar-refractivity contribution in [3.8, 4) is 5.69 Å². The van der Waals surface area contributed by atoms with E-state index in [-0.39, 0.29) is 12.4 Å². The van der Waals surface area contributed by atoms with Gasteiger partial charge in [0, 0.05) is 31.1 Å². The van der Waals surface area contributed by atoms with Crippen LogP contribution in [-0.2, 0) is 13.0 Å². The van der Waals surface area contributed by atoms with Gasteiger partial charge in [0.25, 0.3) is 0 Å². The fraction of sp³-hybridized carbons (Fsp3) is 0.400. The number of rotatable bonds is 2. The largest absolute Gasteiger partial charge is 0.383 e. The van der Waals surface area contributed by atoms with Crippen molar-refractivity contribution in [3.05, 3.63) is 41.6 Å². The van der Waals surface area contributed by atoms with E-state index in [1.54, 1.807) is 0 Å². The Balaban J connectivity index is 0.00000147. The predicted molar refractivity (Wildman–Crippen MR) is 84.5 cm³/mol. The Morgan fingerprint density at radius 2 is 1.90 bits per heavy atom. The Bertz CT molecular complexity index is 577. The van der Waals surface area contributed by atoms with Gasteiger partial charge < -0.3 is 5.73 Å². The Hall–Kier alpha value is -1.52. The van der Waals surface area contributed by atoms with E-state index < -0.39 is 0 Å². The van der Waals surface area contributed by atoms with Crippen LogP contribution in [0.2, 0.25) is 0 Å². The predicted octanol–water partition coefficient (Wildman–Crippen LogP) is 2.64. The molecule has 1 aromatic carbocycles. The lowest BCUT2D eigenvalue weighted by molar-refractivity contribution is 0.203. The minimum Gasteiger partial charge on any atom is -0.383 e. The van der Waals surface area contributed by atoms with Crippen molar-refractivity contribution in [2.45, 2.75) is 32.9 Å². The summed E-state index contributed by atoms with van der Waals surface area (Å²) in [6.07, 6.45) is 0.984. The van der Waals surface area contributed by atoms with Crippen LogP contribution in [0.5, 0.6) is 0 Å². The Morgan fingerprint density at radius 1 is 1.20 bits per heavy atom. The number of hydrogen-bond donors (Lipinski definition) is 1. The molecule has 0 spiro atoms. The average molecular weight is 293 g/mol. The smallest absolute Gasteiger partial charge is 0.132 e. The molecule has 20 heavy (non-hydrogen) atoms. The Labute approximate surface area is 126 Å². The molecule has 0 unspecified atom stereocenters. The molecule has 3 rings (SSSR count). The molecule has 0 amide bonds.